The topological polar surface area (TPSA) is 254 Å². The number of rotatable bonds is 18. The second kappa shape index (κ2) is 18.8. The van der Waals surface area contributed by atoms with Gasteiger partial charge >= 0.3 is 0 Å². The number of hydrogen-bond donors (Lipinski definition) is 5. The zero-order chi connectivity index (χ0) is 46.0. The fraction of sp³-hybridized carbons (Fsp3) is 0.409. The number of hydrogen-bond acceptors (Lipinski definition) is 14. The summed E-state index contributed by atoms with van der Waals surface area (Å²) in [5, 5.41) is 14.5. The van der Waals surface area contributed by atoms with Crippen LogP contribution in [-0.2, 0) is 30.8 Å². The van der Waals surface area contributed by atoms with E-state index < -0.39 is 17.7 Å². The molecule has 20 nitrogen and oxygen atoms in total. The van der Waals surface area contributed by atoms with Crippen LogP contribution < -0.4 is 36.9 Å². The number of allylic oxidation sites excluding steroid dienone is 2. The maximum Gasteiger partial charge on any atom is 0.276 e. The van der Waals surface area contributed by atoms with Crippen LogP contribution in [0.4, 0.5) is 11.9 Å². The molecule has 21 heteroatoms. The first-order chi connectivity index (χ1) is 31.3. The lowest BCUT2D eigenvalue weighted by molar-refractivity contribution is -0.156. The van der Waals surface area contributed by atoms with Gasteiger partial charge in [0.05, 0.1) is 47.8 Å². The van der Waals surface area contributed by atoms with Crippen LogP contribution in [0.15, 0.2) is 42.5 Å². The number of morpholine rings is 1. The summed E-state index contributed by atoms with van der Waals surface area (Å²) in [4.78, 5) is 69.4. The molecule has 0 saturated carbocycles. The summed E-state index contributed by atoms with van der Waals surface area (Å²) in [6, 6.07) is 7.95. The molecule has 6 heterocycles. The molecule has 65 heavy (non-hydrogen) atoms. The number of nitrogens with one attached hydrogen (secondary N) is 3. The number of likely N-dealkylation sites (tertiary alicyclic amines) is 1. The number of amides is 4. The molecule has 8 rings (SSSR count). The maximum atomic E-state index is 13.9. The fourth-order valence-electron chi connectivity index (χ4n) is 8.40. The molecule has 6 aromatic rings. The van der Waals surface area contributed by atoms with Crippen LogP contribution in [0.5, 0.6) is 11.5 Å². The molecule has 2 aromatic carbocycles. The van der Waals surface area contributed by atoms with Gasteiger partial charge in [0.1, 0.15) is 38.7 Å². The molecule has 4 amide bonds. The molecule has 0 aliphatic carbocycles. The largest absolute Gasteiger partial charge is 0.494 e. The summed E-state index contributed by atoms with van der Waals surface area (Å²) < 4.78 is 23.4. The summed E-state index contributed by atoms with van der Waals surface area (Å²) in [6.07, 6.45) is 5.00. The number of carbonyl (C=O) groups excluding carboxylic acids is 4. The van der Waals surface area contributed by atoms with Gasteiger partial charge in [-0.3, -0.25) is 39.4 Å². The van der Waals surface area contributed by atoms with Gasteiger partial charge in [0, 0.05) is 63.5 Å². The van der Waals surface area contributed by atoms with Crippen LogP contribution in [0.1, 0.15) is 77.5 Å². The predicted octanol–water partition coefficient (Wildman–Crippen LogP) is 3.65. The van der Waals surface area contributed by atoms with Gasteiger partial charge < -0.3 is 40.1 Å². The first-order valence-corrected chi connectivity index (χ1v) is 22.3. The number of aryl methyl sites for hydroxylation is 4. The van der Waals surface area contributed by atoms with Gasteiger partial charge in [-0.2, -0.15) is 5.10 Å². The number of imidazole rings is 2. The van der Waals surface area contributed by atoms with Gasteiger partial charge in [0.15, 0.2) is 0 Å². The Morgan fingerprint density at radius 1 is 0.892 bits per heavy atom. The molecule has 2 aliphatic rings. The van der Waals surface area contributed by atoms with Crippen molar-refractivity contribution in [3.63, 3.8) is 0 Å². The van der Waals surface area contributed by atoms with Crippen molar-refractivity contribution in [2.75, 3.05) is 63.7 Å². The average molecular weight is 908 g/mol. The van der Waals surface area contributed by atoms with E-state index in [0.29, 0.717) is 88.1 Å². The third kappa shape index (κ3) is 9.30. The number of thiazole rings is 1. The van der Waals surface area contributed by atoms with E-state index in [2.05, 4.69) is 30.9 Å². The number of ether oxygens (including phenoxy) is 3. The second-order valence-electron chi connectivity index (χ2n) is 16.1. The van der Waals surface area contributed by atoms with Crippen molar-refractivity contribution < 1.29 is 33.4 Å². The number of nitrogens with zero attached hydrogens (tertiary/aromatic N) is 8. The van der Waals surface area contributed by atoms with Gasteiger partial charge in [-0.15, -0.1) is 11.3 Å². The number of fused-ring (bicyclic) bond motifs is 2. The number of nitrogens with two attached hydrogens (primary N) is 2. The van der Waals surface area contributed by atoms with Gasteiger partial charge in [0.2, 0.25) is 23.7 Å². The lowest BCUT2D eigenvalue weighted by Gasteiger charge is -2.51. The van der Waals surface area contributed by atoms with E-state index in [4.69, 9.17) is 35.6 Å². The first kappa shape index (κ1) is 44.9. The monoisotopic (exact) mass is 907 g/mol. The van der Waals surface area contributed by atoms with Gasteiger partial charge in [0.25, 0.3) is 11.8 Å². The molecule has 2 fully saturated rings. The maximum absolute atomic E-state index is 13.9. The lowest BCUT2D eigenvalue weighted by atomic mass is 9.92. The molecule has 2 aliphatic heterocycles. The smallest absolute Gasteiger partial charge is 0.276 e. The normalized spacial score (nSPS) is 14.9. The van der Waals surface area contributed by atoms with Crippen molar-refractivity contribution in [1.82, 2.24) is 44.1 Å². The van der Waals surface area contributed by atoms with Crippen LogP contribution in [0.3, 0.4) is 0 Å². The Labute approximate surface area is 378 Å². The summed E-state index contributed by atoms with van der Waals surface area (Å²) in [6.45, 7) is 13.5. The number of benzene rings is 2. The minimum absolute atomic E-state index is 0.128. The van der Waals surface area contributed by atoms with Crippen LogP contribution in [0.2, 0.25) is 0 Å². The zero-order valence-electron chi connectivity index (χ0n) is 37.0. The van der Waals surface area contributed by atoms with E-state index in [9.17, 15) is 19.2 Å². The molecule has 4 aromatic heterocycles. The van der Waals surface area contributed by atoms with Crippen LogP contribution in [0, 0.1) is 13.8 Å². The third-order valence-electron chi connectivity index (χ3n) is 11.4. The molecule has 0 atom stereocenters. The van der Waals surface area contributed by atoms with E-state index in [1.165, 1.54) is 24.5 Å². The van der Waals surface area contributed by atoms with Crippen molar-refractivity contribution in [3.05, 3.63) is 80.6 Å². The van der Waals surface area contributed by atoms with Crippen LogP contribution in [-0.4, -0.2) is 121 Å². The number of methoxy groups -OCH3 is 1. The molecule has 0 unspecified atom stereocenters. The van der Waals surface area contributed by atoms with Gasteiger partial charge in [-0.1, -0.05) is 19.1 Å². The summed E-state index contributed by atoms with van der Waals surface area (Å²) in [5.74, 6) is -1.02. The predicted molar refractivity (Wildman–Crippen MR) is 245 cm³/mol. The summed E-state index contributed by atoms with van der Waals surface area (Å²) in [7, 11) is 1.47. The molecular weight excluding hydrogens is 855 g/mol. The van der Waals surface area contributed by atoms with Gasteiger partial charge in [-0.25, -0.2) is 15.0 Å². The SMILES string of the molecule is CCc1nc(C)sc1C(=O)Nc1nc2cc(C(N)=O)cc(OCCCN3CC4(CNCCO4)C3)c2n1C/C=C/Cn1c(NC(=O)c2cc(C)nn2CC)nc2cc(C(N)=O)cc(OC)c21. The quantitative estimate of drug-likeness (QED) is 0.0611. The Morgan fingerprint density at radius 3 is 2.11 bits per heavy atom. The Morgan fingerprint density at radius 2 is 1.52 bits per heavy atom. The highest BCUT2D eigenvalue weighted by Gasteiger charge is 2.44. The van der Waals surface area contributed by atoms with E-state index >= 15 is 0 Å². The highest BCUT2D eigenvalue weighted by molar-refractivity contribution is 7.13. The second-order valence-corrected chi connectivity index (χ2v) is 17.3. The molecular formula is C44H53N13O7S. The van der Waals surface area contributed by atoms with Crippen LogP contribution in [0.25, 0.3) is 22.1 Å². The fourth-order valence-corrected chi connectivity index (χ4v) is 9.31. The molecule has 342 valence electrons. The standard InChI is InChI=1S/C44H53N13O7S/c1-6-29-37(65-26(4)48-29)41(61)52-43-50-31-19-28(39(46)59)21-34(63-15-10-12-54-23-44(24-54)22-47-11-16-64-44)36(31)56(43)14-9-8-13-55-35-30(18-27(38(45)58)20-33(35)62-5)49-42(55)51-40(60)32-17-25(3)53-57(32)7-2/h8-9,17-21,47H,6-7,10-16,22-24H2,1-5H3,(H2,45,58)(H2,46,59)(H,49,51,60)(H,50,52,61)/b9-8+. The minimum atomic E-state index is -0.665. The third-order valence-corrected chi connectivity index (χ3v) is 12.4. The molecule has 2 saturated heterocycles. The lowest BCUT2D eigenvalue weighted by Crippen LogP contribution is -2.69. The summed E-state index contributed by atoms with van der Waals surface area (Å²) in [5.41, 5.74) is 15.3. The summed E-state index contributed by atoms with van der Waals surface area (Å²) >= 11 is 1.30. The van der Waals surface area contributed by atoms with E-state index in [0.717, 1.165) is 37.7 Å². The molecule has 1 spiro atoms. The van der Waals surface area contributed by atoms with Gasteiger partial charge in [-0.05, 0) is 63.9 Å². The Bertz CT molecular complexity index is 2830. The van der Waals surface area contributed by atoms with Crippen molar-refractivity contribution in [2.24, 2.45) is 11.5 Å². The van der Waals surface area contributed by atoms with E-state index in [1.54, 1.807) is 38.1 Å². The number of anilines is 2. The Hall–Kier alpha value is -6.68. The van der Waals surface area contributed by atoms with E-state index in [1.807, 2.05) is 39.8 Å². The first-order valence-electron chi connectivity index (χ1n) is 21.5. The van der Waals surface area contributed by atoms with Crippen molar-refractivity contribution in [3.8, 4) is 11.5 Å². The van der Waals surface area contributed by atoms with Crippen molar-refractivity contribution >= 4 is 68.9 Å². The Kier molecular flexibility index (Phi) is 13.0. The highest BCUT2D eigenvalue weighted by atomic mass is 32.1. The minimum Gasteiger partial charge on any atom is -0.494 e. The number of carbonyl (C=O) groups is 4. The zero-order valence-corrected chi connectivity index (χ0v) is 37.8. The molecule has 7 N–H and O–H groups in total. The number of aromatic nitrogens is 7. The van der Waals surface area contributed by atoms with Crippen LogP contribution >= 0.6 is 11.3 Å². The molecule has 0 bridgehead atoms. The Balaban J connectivity index is 1.12. The van der Waals surface area contributed by atoms with Crippen molar-refractivity contribution in [1.29, 1.82) is 0 Å². The highest BCUT2D eigenvalue weighted by Crippen LogP contribution is 2.34. The van der Waals surface area contributed by atoms with Crippen molar-refractivity contribution in [2.45, 2.75) is 65.8 Å². The average Bonchev–Trinajstić information content (AvgIpc) is 4.05. The van der Waals surface area contributed by atoms with E-state index in [-0.39, 0.29) is 47.6 Å². The molecule has 0 radical (unpaired) electrons. The number of primary amides is 2.